The lowest BCUT2D eigenvalue weighted by molar-refractivity contribution is 0.167. The lowest BCUT2D eigenvalue weighted by Crippen LogP contribution is -2.27. The highest BCUT2D eigenvalue weighted by Gasteiger charge is 2.06. The van der Waals surface area contributed by atoms with Crippen molar-refractivity contribution in [1.29, 1.82) is 0 Å². The van der Waals surface area contributed by atoms with Crippen LogP contribution in [0.1, 0.15) is 24.5 Å². The van der Waals surface area contributed by atoms with Crippen LogP contribution in [0.15, 0.2) is 29.4 Å². The number of hydrogen-bond donors (Lipinski definition) is 4. The van der Waals surface area contributed by atoms with Crippen LogP contribution in [-0.4, -0.2) is 28.8 Å². The molecule has 1 aromatic rings. The third kappa shape index (κ3) is 4.05. The second-order valence-corrected chi connectivity index (χ2v) is 3.84. The first kappa shape index (κ1) is 13.5. The van der Waals surface area contributed by atoms with Gasteiger partial charge < -0.3 is 21.4 Å². The summed E-state index contributed by atoms with van der Waals surface area (Å²) in [6.45, 7) is 3.03. The molecule has 0 aliphatic rings. The largest absolute Gasteiger partial charge is 0.409 e. The van der Waals surface area contributed by atoms with E-state index in [1.807, 2.05) is 25.1 Å². The Hall–Kier alpha value is -1.59. The summed E-state index contributed by atoms with van der Waals surface area (Å²) < 4.78 is 0. The van der Waals surface area contributed by atoms with E-state index in [1.165, 1.54) is 0 Å². The summed E-state index contributed by atoms with van der Waals surface area (Å²) >= 11 is 0. The average Bonchev–Trinajstić information content (AvgIpc) is 2.38. The van der Waals surface area contributed by atoms with Gasteiger partial charge in [-0.25, -0.2) is 0 Å². The van der Waals surface area contributed by atoms with Gasteiger partial charge in [-0.2, -0.15) is 0 Å². The van der Waals surface area contributed by atoms with Crippen molar-refractivity contribution in [2.75, 3.05) is 6.54 Å². The molecule has 0 amide bonds. The first-order valence-electron chi connectivity index (χ1n) is 5.63. The summed E-state index contributed by atoms with van der Waals surface area (Å²) in [5.74, 6) is 0.0958. The van der Waals surface area contributed by atoms with Crippen LogP contribution >= 0.6 is 0 Å². The molecule has 0 bridgehead atoms. The second-order valence-electron chi connectivity index (χ2n) is 3.84. The Bertz CT molecular complexity index is 380. The van der Waals surface area contributed by atoms with Gasteiger partial charge in [0.2, 0.25) is 0 Å². The number of nitrogens with two attached hydrogens (primary N) is 1. The molecular weight excluding hydrogens is 218 g/mol. The standard InChI is InChI=1S/C12H19N3O2/c1-2-10(16)8-14-7-9-5-3-4-6-11(9)12(13)15-17/h3-6,10,14,16-17H,2,7-8H2,1H3,(H2,13,15). The summed E-state index contributed by atoms with van der Waals surface area (Å²) in [5.41, 5.74) is 7.21. The number of amidine groups is 1. The van der Waals surface area contributed by atoms with Crippen LogP contribution in [0.25, 0.3) is 0 Å². The van der Waals surface area contributed by atoms with E-state index in [-0.39, 0.29) is 11.9 Å². The predicted octanol–water partition coefficient (Wildman–Crippen LogP) is 0.642. The van der Waals surface area contributed by atoms with Crippen LogP contribution in [0.5, 0.6) is 0 Å². The molecule has 0 heterocycles. The molecule has 0 aromatic heterocycles. The molecule has 94 valence electrons. The molecule has 0 aliphatic carbocycles. The maximum atomic E-state index is 9.41. The number of nitrogens with zero attached hydrogens (tertiary/aromatic N) is 1. The maximum Gasteiger partial charge on any atom is 0.170 e. The van der Waals surface area contributed by atoms with E-state index >= 15 is 0 Å². The van der Waals surface area contributed by atoms with Gasteiger partial charge in [0.1, 0.15) is 0 Å². The van der Waals surface area contributed by atoms with Gasteiger partial charge in [0, 0.05) is 18.7 Å². The second kappa shape index (κ2) is 6.88. The van der Waals surface area contributed by atoms with Crippen LogP contribution in [0.2, 0.25) is 0 Å². The molecule has 1 aromatic carbocycles. The summed E-state index contributed by atoms with van der Waals surface area (Å²) in [6.07, 6.45) is 0.375. The highest BCUT2D eigenvalue weighted by atomic mass is 16.4. The minimum Gasteiger partial charge on any atom is -0.409 e. The molecule has 0 saturated carbocycles. The number of aliphatic hydroxyl groups is 1. The van der Waals surface area contributed by atoms with E-state index in [9.17, 15) is 5.11 Å². The van der Waals surface area contributed by atoms with Gasteiger partial charge in [-0.1, -0.05) is 36.3 Å². The van der Waals surface area contributed by atoms with Crippen molar-refractivity contribution in [2.45, 2.75) is 26.0 Å². The van der Waals surface area contributed by atoms with Crippen molar-refractivity contribution in [3.05, 3.63) is 35.4 Å². The fraction of sp³-hybridized carbons (Fsp3) is 0.417. The molecule has 17 heavy (non-hydrogen) atoms. The van der Waals surface area contributed by atoms with Crippen LogP contribution in [-0.2, 0) is 6.54 Å². The third-order valence-corrected chi connectivity index (χ3v) is 2.57. The fourth-order valence-electron chi connectivity index (χ4n) is 1.50. The predicted molar refractivity (Wildman–Crippen MR) is 67.0 cm³/mol. The smallest absolute Gasteiger partial charge is 0.170 e. The highest BCUT2D eigenvalue weighted by Crippen LogP contribution is 2.08. The molecule has 0 aliphatic heterocycles. The van der Waals surface area contributed by atoms with Crippen molar-refractivity contribution < 1.29 is 10.3 Å². The molecule has 5 heteroatoms. The number of rotatable bonds is 6. The molecule has 0 spiro atoms. The maximum absolute atomic E-state index is 9.41. The van der Waals surface area contributed by atoms with E-state index in [1.54, 1.807) is 6.07 Å². The van der Waals surface area contributed by atoms with E-state index in [2.05, 4.69) is 10.5 Å². The fourth-order valence-corrected chi connectivity index (χ4v) is 1.50. The minimum atomic E-state index is -0.342. The zero-order valence-electron chi connectivity index (χ0n) is 9.93. The molecule has 1 rings (SSSR count). The lowest BCUT2D eigenvalue weighted by atomic mass is 10.1. The molecule has 0 fully saturated rings. The molecule has 1 unspecified atom stereocenters. The van der Waals surface area contributed by atoms with Crippen molar-refractivity contribution in [3.63, 3.8) is 0 Å². The van der Waals surface area contributed by atoms with Crippen molar-refractivity contribution >= 4 is 5.84 Å². The van der Waals surface area contributed by atoms with Crippen molar-refractivity contribution in [3.8, 4) is 0 Å². The van der Waals surface area contributed by atoms with E-state index in [0.717, 1.165) is 12.0 Å². The van der Waals surface area contributed by atoms with Gasteiger partial charge in [-0.05, 0) is 12.0 Å². The Labute approximate surface area is 101 Å². The number of hydrogen-bond acceptors (Lipinski definition) is 4. The minimum absolute atomic E-state index is 0.0958. The molecule has 0 radical (unpaired) electrons. The zero-order valence-corrected chi connectivity index (χ0v) is 9.93. The SMILES string of the molecule is CCC(O)CNCc1ccccc1/C(N)=N/O. The Balaban J connectivity index is 2.64. The van der Waals surface area contributed by atoms with Gasteiger partial charge in [0.05, 0.1) is 6.10 Å². The number of nitrogens with one attached hydrogen (secondary N) is 1. The highest BCUT2D eigenvalue weighted by molar-refractivity contribution is 5.98. The Morgan fingerprint density at radius 3 is 2.82 bits per heavy atom. The summed E-state index contributed by atoms with van der Waals surface area (Å²) in [4.78, 5) is 0. The van der Waals surface area contributed by atoms with E-state index in [4.69, 9.17) is 10.9 Å². The third-order valence-electron chi connectivity index (χ3n) is 2.57. The van der Waals surface area contributed by atoms with Gasteiger partial charge in [0.25, 0.3) is 0 Å². The molecule has 5 nitrogen and oxygen atoms in total. The normalized spacial score (nSPS) is 13.6. The van der Waals surface area contributed by atoms with E-state index in [0.29, 0.717) is 18.7 Å². The number of oxime groups is 1. The number of aliphatic hydroxyl groups excluding tert-OH is 1. The van der Waals surface area contributed by atoms with Gasteiger partial charge in [-0.15, -0.1) is 0 Å². The Morgan fingerprint density at radius 2 is 2.18 bits per heavy atom. The molecule has 5 N–H and O–H groups in total. The first-order valence-corrected chi connectivity index (χ1v) is 5.63. The Morgan fingerprint density at radius 1 is 1.47 bits per heavy atom. The average molecular weight is 237 g/mol. The quantitative estimate of drug-likeness (QED) is 0.253. The van der Waals surface area contributed by atoms with Crippen molar-refractivity contribution in [2.24, 2.45) is 10.9 Å². The monoisotopic (exact) mass is 237 g/mol. The van der Waals surface area contributed by atoms with Crippen molar-refractivity contribution in [1.82, 2.24) is 5.32 Å². The molecule has 0 saturated heterocycles. The van der Waals surface area contributed by atoms with Crippen LogP contribution < -0.4 is 11.1 Å². The first-order chi connectivity index (χ1) is 8.19. The summed E-state index contributed by atoms with van der Waals surface area (Å²) in [6, 6.07) is 7.42. The summed E-state index contributed by atoms with van der Waals surface area (Å²) in [7, 11) is 0. The van der Waals surface area contributed by atoms with Crippen LogP contribution in [0.4, 0.5) is 0 Å². The zero-order chi connectivity index (χ0) is 12.7. The topological polar surface area (TPSA) is 90.9 Å². The molecule has 1 atom stereocenters. The van der Waals surface area contributed by atoms with Crippen LogP contribution in [0, 0.1) is 0 Å². The van der Waals surface area contributed by atoms with Crippen LogP contribution in [0.3, 0.4) is 0 Å². The van der Waals surface area contributed by atoms with E-state index < -0.39 is 0 Å². The van der Waals surface area contributed by atoms with Gasteiger partial charge >= 0.3 is 0 Å². The number of benzene rings is 1. The summed E-state index contributed by atoms with van der Waals surface area (Å²) in [5, 5.41) is 24.2. The van der Waals surface area contributed by atoms with Gasteiger partial charge in [-0.3, -0.25) is 0 Å². The Kier molecular flexibility index (Phi) is 5.45. The molecular formula is C12H19N3O2. The lowest BCUT2D eigenvalue weighted by Gasteiger charge is -2.11. The van der Waals surface area contributed by atoms with Gasteiger partial charge in [0.15, 0.2) is 5.84 Å².